The van der Waals surface area contributed by atoms with E-state index in [9.17, 15) is 4.79 Å². The first-order valence-corrected chi connectivity index (χ1v) is 7.90. The molecule has 1 aliphatic heterocycles. The van der Waals surface area contributed by atoms with Crippen LogP contribution in [0.1, 0.15) is 39.4 Å². The normalized spacial score (nSPS) is 19.4. The summed E-state index contributed by atoms with van der Waals surface area (Å²) in [7, 11) is 3.82. The van der Waals surface area contributed by atoms with Gasteiger partial charge in [-0.2, -0.15) is 0 Å². The van der Waals surface area contributed by atoms with E-state index in [0.717, 1.165) is 31.8 Å². The Morgan fingerprint density at radius 1 is 1.50 bits per heavy atom. The maximum Gasteiger partial charge on any atom is 0.410 e. The predicted molar refractivity (Wildman–Crippen MR) is 85.5 cm³/mol. The zero-order valence-electron chi connectivity index (χ0n) is 14.4. The Bertz CT molecular complexity index is 506. The molecule has 0 saturated carbocycles. The molecule has 1 fully saturated rings. The van der Waals surface area contributed by atoms with Crippen LogP contribution in [-0.2, 0) is 18.3 Å². The number of carbonyl (C=O) groups excluding carboxylic acids is 1. The number of hydrogen-bond donors (Lipinski definition) is 0. The minimum Gasteiger partial charge on any atom is -0.444 e. The summed E-state index contributed by atoms with van der Waals surface area (Å²) in [6.07, 6.45) is 5.81. The van der Waals surface area contributed by atoms with E-state index in [2.05, 4.69) is 9.88 Å². The number of carbonyl (C=O) groups is 1. The molecule has 0 unspecified atom stereocenters. The lowest BCUT2D eigenvalue weighted by Crippen LogP contribution is -2.43. The third-order valence-corrected chi connectivity index (χ3v) is 3.95. The topological polar surface area (TPSA) is 50.6 Å². The highest BCUT2D eigenvalue weighted by Gasteiger charge is 2.29. The van der Waals surface area contributed by atoms with E-state index in [0.29, 0.717) is 12.6 Å². The van der Waals surface area contributed by atoms with Crippen molar-refractivity contribution in [2.45, 2.75) is 51.8 Å². The minimum atomic E-state index is -0.451. The summed E-state index contributed by atoms with van der Waals surface area (Å²) < 4.78 is 7.47. The van der Waals surface area contributed by atoms with Gasteiger partial charge in [-0.05, 0) is 40.2 Å². The molecule has 1 saturated heterocycles. The van der Waals surface area contributed by atoms with Gasteiger partial charge in [0.05, 0.1) is 6.54 Å². The van der Waals surface area contributed by atoms with Crippen molar-refractivity contribution >= 4 is 6.09 Å². The highest BCUT2D eigenvalue weighted by molar-refractivity contribution is 5.67. The summed E-state index contributed by atoms with van der Waals surface area (Å²) in [4.78, 5) is 20.6. The van der Waals surface area contributed by atoms with Crippen molar-refractivity contribution in [3.05, 3.63) is 18.2 Å². The van der Waals surface area contributed by atoms with Crippen LogP contribution in [0.2, 0.25) is 0 Å². The van der Waals surface area contributed by atoms with Crippen LogP contribution in [0.15, 0.2) is 12.4 Å². The SMILES string of the molecule is CN(C[C@H]1CCCN1Cc1nccn1C)C(=O)OC(C)(C)C. The van der Waals surface area contributed by atoms with Crippen molar-refractivity contribution in [3.63, 3.8) is 0 Å². The van der Waals surface area contributed by atoms with Crippen LogP contribution >= 0.6 is 0 Å². The smallest absolute Gasteiger partial charge is 0.410 e. The number of nitrogens with zero attached hydrogens (tertiary/aromatic N) is 4. The molecule has 1 aliphatic rings. The van der Waals surface area contributed by atoms with Crippen LogP contribution in [0, 0.1) is 0 Å². The molecule has 0 aromatic carbocycles. The lowest BCUT2D eigenvalue weighted by molar-refractivity contribution is 0.0255. The molecule has 22 heavy (non-hydrogen) atoms. The van der Waals surface area contributed by atoms with Gasteiger partial charge >= 0.3 is 6.09 Å². The van der Waals surface area contributed by atoms with Crippen molar-refractivity contribution in [3.8, 4) is 0 Å². The maximum atomic E-state index is 12.1. The van der Waals surface area contributed by atoms with Gasteiger partial charge in [0.2, 0.25) is 0 Å². The van der Waals surface area contributed by atoms with E-state index in [-0.39, 0.29) is 6.09 Å². The van der Waals surface area contributed by atoms with Crippen molar-refractivity contribution in [2.75, 3.05) is 20.1 Å². The number of rotatable bonds is 4. The van der Waals surface area contributed by atoms with Crippen LogP contribution in [0.3, 0.4) is 0 Å². The molecule has 0 radical (unpaired) electrons. The van der Waals surface area contributed by atoms with Gasteiger partial charge in [-0.3, -0.25) is 4.90 Å². The number of amides is 1. The lowest BCUT2D eigenvalue weighted by atomic mass is 10.2. The minimum absolute atomic E-state index is 0.253. The van der Waals surface area contributed by atoms with Gasteiger partial charge in [0.25, 0.3) is 0 Å². The summed E-state index contributed by atoms with van der Waals surface area (Å²) in [5.74, 6) is 1.06. The Labute approximate surface area is 133 Å². The van der Waals surface area contributed by atoms with E-state index < -0.39 is 5.60 Å². The number of ether oxygens (including phenoxy) is 1. The standard InChI is InChI=1S/C16H28N4O2/c1-16(2,3)22-15(21)19(5)11-13-7-6-9-20(13)12-14-17-8-10-18(14)4/h8,10,13H,6-7,9,11-12H2,1-5H3/t13-/m1/s1. The van der Waals surface area contributed by atoms with Gasteiger partial charge in [-0.15, -0.1) is 0 Å². The zero-order valence-corrected chi connectivity index (χ0v) is 14.4. The number of likely N-dealkylation sites (tertiary alicyclic amines) is 1. The number of aromatic nitrogens is 2. The van der Waals surface area contributed by atoms with Crippen molar-refractivity contribution in [1.29, 1.82) is 0 Å². The molecule has 2 rings (SSSR count). The molecule has 0 aliphatic carbocycles. The maximum absolute atomic E-state index is 12.1. The Morgan fingerprint density at radius 3 is 2.82 bits per heavy atom. The van der Waals surface area contributed by atoms with Crippen LogP contribution in [0.4, 0.5) is 4.79 Å². The first-order valence-electron chi connectivity index (χ1n) is 7.90. The summed E-state index contributed by atoms with van der Waals surface area (Å²) in [5.41, 5.74) is -0.451. The van der Waals surface area contributed by atoms with Crippen LogP contribution in [0.25, 0.3) is 0 Å². The Kier molecular flexibility index (Phi) is 5.11. The quantitative estimate of drug-likeness (QED) is 0.856. The van der Waals surface area contributed by atoms with E-state index in [1.165, 1.54) is 0 Å². The monoisotopic (exact) mass is 308 g/mol. The fourth-order valence-corrected chi connectivity index (χ4v) is 2.77. The van der Waals surface area contributed by atoms with Gasteiger partial charge in [0.1, 0.15) is 11.4 Å². The number of hydrogen-bond acceptors (Lipinski definition) is 4. The molecular weight excluding hydrogens is 280 g/mol. The molecule has 6 nitrogen and oxygen atoms in total. The first-order chi connectivity index (χ1) is 10.3. The summed E-state index contributed by atoms with van der Waals surface area (Å²) in [6, 6.07) is 0.370. The van der Waals surface area contributed by atoms with Crippen molar-refractivity contribution in [1.82, 2.24) is 19.4 Å². The molecule has 1 atom stereocenters. The van der Waals surface area contributed by atoms with E-state index in [1.807, 2.05) is 51.8 Å². The van der Waals surface area contributed by atoms with Crippen molar-refractivity contribution in [2.24, 2.45) is 7.05 Å². The van der Waals surface area contributed by atoms with Crippen LogP contribution < -0.4 is 0 Å². The summed E-state index contributed by atoms with van der Waals surface area (Å²) in [6.45, 7) is 8.25. The van der Waals surface area contributed by atoms with Crippen LogP contribution in [0.5, 0.6) is 0 Å². The average molecular weight is 308 g/mol. The molecule has 1 amide bonds. The number of likely N-dealkylation sites (N-methyl/N-ethyl adjacent to an activating group) is 1. The number of imidazole rings is 1. The Morgan fingerprint density at radius 2 is 2.23 bits per heavy atom. The summed E-state index contributed by atoms with van der Waals surface area (Å²) >= 11 is 0. The molecule has 124 valence electrons. The van der Waals surface area contributed by atoms with Gasteiger partial charge < -0.3 is 14.2 Å². The first kappa shape index (κ1) is 16.8. The highest BCUT2D eigenvalue weighted by Crippen LogP contribution is 2.21. The van der Waals surface area contributed by atoms with Crippen LogP contribution in [-0.4, -0.2) is 57.2 Å². The molecular formula is C16H28N4O2. The second kappa shape index (κ2) is 6.69. The molecule has 2 heterocycles. The van der Waals surface area contributed by atoms with Gasteiger partial charge in [-0.1, -0.05) is 0 Å². The fraction of sp³-hybridized carbons (Fsp3) is 0.750. The molecule has 0 spiro atoms. The number of aryl methyl sites for hydroxylation is 1. The third-order valence-electron chi connectivity index (χ3n) is 3.95. The van der Waals surface area contributed by atoms with Crippen molar-refractivity contribution < 1.29 is 9.53 Å². The Hall–Kier alpha value is -1.56. The predicted octanol–water partition coefficient (Wildman–Crippen LogP) is 2.25. The molecule has 0 N–H and O–H groups in total. The van der Waals surface area contributed by atoms with Gasteiger partial charge in [0.15, 0.2) is 0 Å². The molecule has 1 aromatic heterocycles. The van der Waals surface area contributed by atoms with E-state index >= 15 is 0 Å². The average Bonchev–Trinajstić information content (AvgIpc) is 2.99. The van der Waals surface area contributed by atoms with Gasteiger partial charge in [0, 0.05) is 39.1 Å². The largest absolute Gasteiger partial charge is 0.444 e. The lowest BCUT2D eigenvalue weighted by Gasteiger charge is -2.30. The van der Waals surface area contributed by atoms with E-state index in [1.54, 1.807) is 4.90 Å². The zero-order chi connectivity index (χ0) is 16.3. The molecule has 0 bridgehead atoms. The highest BCUT2D eigenvalue weighted by atomic mass is 16.6. The summed E-state index contributed by atoms with van der Waals surface area (Å²) in [5, 5.41) is 0. The fourth-order valence-electron chi connectivity index (χ4n) is 2.77. The third kappa shape index (κ3) is 4.47. The van der Waals surface area contributed by atoms with E-state index in [4.69, 9.17) is 4.74 Å². The molecule has 1 aromatic rings. The second-order valence-corrected chi connectivity index (χ2v) is 7.08. The second-order valence-electron chi connectivity index (χ2n) is 7.08. The Balaban J connectivity index is 1.91. The molecule has 6 heteroatoms. The van der Waals surface area contributed by atoms with Gasteiger partial charge in [-0.25, -0.2) is 9.78 Å².